The Morgan fingerprint density at radius 3 is 2.91 bits per heavy atom. The number of nitrogens with zero attached hydrogens (tertiary/aromatic N) is 3. The van der Waals surface area contributed by atoms with Gasteiger partial charge >= 0.3 is 0 Å². The van der Waals surface area contributed by atoms with E-state index < -0.39 is 0 Å². The van der Waals surface area contributed by atoms with E-state index in [1.165, 1.54) is 6.33 Å². The van der Waals surface area contributed by atoms with Gasteiger partial charge < -0.3 is 14.5 Å². The molecule has 6 nitrogen and oxygen atoms in total. The minimum Gasteiger partial charge on any atom is -0.432 e. The number of ether oxygens (including phenoxy) is 1. The summed E-state index contributed by atoms with van der Waals surface area (Å²) in [5, 5.41) is 4.73. The van der Waals surface area contributed by atoms with Crippen LogP contribution in [0.5, 0.6) is 0 Å². The van der Waals surface area contributed by atoms with Crippen LogP contribution >= 0.6 is 11.6 Å². The highest BCUT2D eigenvalue weighted by Crippen LogP contribution is 2.35. The largest absolute Gasteiger partial charge is 0.432 e. The first kappa shape index (κ1) is 15.0. The third-order valence-electron chi connectivity index (χ3n) is 3.56. The highest BCUT2D eigenvalue weighted by Gasteiger charge is 2.18. The van der Waals surface area contributed by atoms with Crippen LogP contribution in [0.4, 0.5) is 5.82 Å². The van der Waals surface area contributed by atoms with E-state index >= 15 is 0 Å². The number of aryl methyl sites for hydroxylation is 2. The number of methoxy groups -OCH3 is 1. The molecular formula is C15H17ClN4O2. The molecule has 0 aliphatic heterocycles. The van der Waals surface area contributed by atoms with Crippen LogP contribution in [0, 0.1) is 13.8 Å². The molecule has 0 radical (unpaired) electrons. The van der Waals surface area contributed by atoms with Gasteiger partial charge in [0.1, 0.15) is 11.8 Å². The maximum Gasteiger partial charge on any atom is 0.229 e. The van der Waals surface area contributed by atoms with Crippen molar-refractivity contribution in [3.63, 3.8) is 0 Å². The molecule has 0 aliphatic rings. The number of hydrogen-bond donors (Lipinski definition) is 1. The highest BCUT2D eigenvalue weighted by atomic mass is 35.5. The summed E-state index contributed by atoms with van der Waals surface area (Å²) in [5.41, 5.74) is 3.54. The number of aromatic nitrogens is 3. The van der Waals surface area contributed by atoms with Gasteiger partial charge in [0.2, 0.25) is 5.71 Å². The highest BCUT2D eigenvalue weighted by molar-refractivity contribution is 6.33. The van der Waals surface area contributed by atoms with Crippen molar-refractivity contribution in [3.05, 3.63) is 22.6 Å². The molecular weight excluding hydrogens is 304 g/mol. The number of nitrogens with one attached hydrogen (secondary N) is 1. The lowest BCUT2D eigenvalue weighted by Crippen LogP contribution is -2.06. The van der Waals surface area contributed by atoms with Crippen molar-refractivity contribution in [3.8, 4) is 0 Å². The van der Waals surface area contributed by atoms with Crippen molar-refractivity contribution in [2.75, 3.05) is 25.6 Å². The smallest absolute Gasteiger partial charge is 0.229 e. The molecule has 0 aliphatic carbocycles. The summed E-state index contributed by atoms with van der Waals surface area (Å²) in [5.74, 6) is 0.660. The number of pyridine rings is 1. The zero-order valence-corrected chi connectivity index (χ0v) is 13.5. The van der Waals surface area contributed by atoms with E-state index in [0.717, 1.165) is 35.1 Å². The molecule has 0 amide bonds. The molecule has 7 heteroatoms. The molecule has 1 N–H and O–H groups in total. The number of hydrogen-bond acceptors (Lipinski definition) is 6. The second-order valence-electron chi connectivity index (χ2n) is 5.09. The van der Waals surface area contributed by atoms with Gasteiger partial charge in [-0.15, -0.1) is 0 Å². The van der Waals surface area contributed by atoms with Crippen LogP contribution in [0.1, 0.15) is 17.7 Å². The number of furan rings is 1. The van der Waals surface area contributed by atoms with Gasteiger partial charge in [0.15, 0.2) is 11.4 Å². The van der Waals surface area contributed by atoms with Gasteiger partial charge in [-0.2, -0.15) is 0 Å². The second kappa shape index (κ2) is 6.06. The molecule has 116 valence electrons. The summed E-state index contributed by atoms with van der Waals surface area (Å²) in [6.07, 6.45) is 2.40. The predicted molar refractivity (Wildman–Crippen MR) is 86.6 cm³/mol. The lowest BCUT2D eigenvalue weighted by atomic mass is 10.1. The Balaban J connectivity index is 2.09. The number of halogens is 1. The summed E-state index contributed by atoms with van der Waals surface area (Å²) in [6.45, 7) is 5.24. The normalized spacial score (nSPS) is 11.5. The lowest BCUT2D eigenvalue weighted by molar-refractivity contribution is 0.198. The summed E-state index contributed by atoms with van der Waals surface area (Å²) in [4.78, 5) is 13.0. The Kier molecular flexibility index (Phi) is 4.13. The van der Waals surface area contributed by atoms with E-state index in [9.17, 15) is 0 Å². The van der Waals surface area contributed by atoms with Gasteiger partial charge in [-0.1, -0.05) is 11.6 Å². The van der Waals surface area contributed by atoms with Crippen molar-refractivity contribution in [2.45, 2.75) is 20.3 Å². The van der Waals surface area contributed by atoms with Crippen molar-refractivity contribution in [2.24, 2.45) is 0 Å². The topological polar surface area (TPSA) is 73.1 Å². The quantitative estimate of drug-likeness (QED) is 0.725. The maximum atomic E-state index is 6.30. The van der Waals surface area contributed by atoms with Crippen LogP contribution in [-0.4, -0.2) is 35.2 Å². The van der Waals surface area contributed by atoms with E-state index in [4.69, 9.17) is 20.8 Å². The van der Waals surface area contributed by atoms with Crippen LogP contribution < -0.4 is 5.32 Å². The van der Waals surface area contributed by atoms with Crippen LogP contribution in [-0.2, 0) is 4.74 Å². The van der Waals surface area contributed by atoms with E-state index in [-0.39, 0.29) is 0 Å². The fourth-order valence-electron chi connectivity index (χ4n) is 2.45. The Morgan fingerprint density at radius 1 is 1.32 bits per heavy atom. The van der Waals surface area contributed by atoms with Gasteiger partial charge in [-0.05, 0) is 25.8 Å². The number of fused-ring (bicyclic) bond motifs is 3. The molecule has 3 aromatic heterocycles. The molecule has 0 bridgehead atoms. The van der Waals surface area contributed by atoms with Gasteiger partial charge in [-0.3, -0.25) is 0 Å². The molecule has 3 heterocycles. The fourth-order valence-corrected chi connectivity index (χ4v) is 2.58. The SMILES string of the molecule is COCCCNc1ncnc2c1oc1nc(C)c(Cl)c(C)c12. The summed E-state index contributed by atoms with van der Waals surface area (Å²) in [7, 11) is 1.68. The fraction of sp³-hybridized carbons (Fsp3) is 0.400. The molecule has 0 aromatic carbocycles. The van der Waals surface area contributed by atoms with E-state index in [1.807, 2.05) is 13.8 Å². The van der Waals surface area contributed by atoms with E-state index in [1.54, 1.807) is 7.11 Å². The number of rotatable bonds is 5. The lowest BCUT2D eigenvalue weighted by Gasteiger charge is -2.04. The molecule has 0 fully saturated rings. The van der Waals surface area contributed by atoms with Gasteiger partial charge in [0.05, 0.1) is 16.1 Å². The number of anilines is 1. The second-order valence-corrected chi connectivity index (χ2v) is 5.47. The van der Waals surface area contributed by atoms with Gasteiger partial charge in [-0.25, -0.2) is 15.0 Å². The third-order valence-corrected chi connectivity index (χ3v) is 4.12. The molecule has 0 atom stereocenters. The summed E-state index contributed by atoms with van der Waals surface area (Å²) in [6, 6.07) is 0. The van der Waals surface area contributed by atoms with Crippen LogP contribution in [0.3, 0.4) is 0 Å². The Hall–Kier alpha value is -1.92. The molecule has 0 spiro atoms. The van der Waals surface area contributed by atoms with Crippen molar-refractivity contribution < 1.29 is 9.15 Å². The molecule has 0 unspecified atom stereocenters. The molecule has 22 heavy (non-hydrogen) atoms. The van der Waals surface area contributed by atoms with Crippen LogP contribution in [0.15, 0.2) is 10.7 Å². The minimum absolute atomic E-state index is 0.537. The summed E-state index contributed by atoms with van der Waals surface area (Å²) < 4.78 is 10.9. The Morgan fingerprint density at radius 2 is 2.14 bits per heavy atom. The monoisotopic (exact) mass is 320 g/mol. The molecule has 0 saturated heterocycles. The molecule has 3 rings (SSSR count). The van der Waals surface area contributed by atoms with Crippen LogP contribution in [0.2, 0.25) is 5.02 Å². The first-order valence-corrected chi connectivity index (χ1v) is 7.44. The van der Waals surface area contributed by atoms with Crippen molar-refractivity contribution in [1.82, 2.24) is 15.0 Å². The zero-order valence-electron chi connectivity index (χ0n) is 12.7. The average Bonchev–Trinajstić information content (AvgIpc) is 2.88. The minimum atomic E-state index is 0.537. The Bertz CT molecular complexity index is 831. The van der Waals surface area contributed by atoms with E-state index in [0.29, 0.717) is 28.7 Å². The summed E-state index contributed by atoms with van der Waals surface area (Å²) >= 11 is 6.30. The van der Waals surface area contributed by atoms with Crippen molar-refractivity contribution in [1.29, 1.82) is 0 Å². The Labute approximate surface area is 132 Å². The first-order valence-electron chi connectivity index (χ1n) is 7.06. The van der Waals surface area contributed by atoms with Crippen LogP contribution in [0.25, 0.3) is 22.2 Å². The predicted octanol–water partition coefficient (Wildman–Crippen LogP) is 3.49. The molecule has 0 saturated carbocycles. The average molecular weight is 321 g/mol. The maximum absolute atomic E-state index is 6.30. The van der Waals surface area contributed by atoms with E-state index in [2.05, 4.69) is 20.3 Å². The van der Waals surface area contributed by atoms with Gasteiger partial charge in [0.25, 0.3) is 0 Å². The van der Waals surface area contributed by atoms with Crippen molar-refractivity contribution >= 4 is 39.6 Å². The molecule has 3 aromatic rings. The zero-order chi connectivity index (χ0) is 15.7. The first-order chi connectivity index (χ1) is 10.6. The standard InChI is InChI=1S/C15H17ClN4O2/c1-8-10-12-13(22-15(10)20-9(2)11(8)16)14(19-7-18-12)17-5-4-6-21-3/h7H,4-6H2,1-3H3,(H,17,18,19). The third kappa shape index (κ3) is 2.48. The van der Waals surface area contributed by atoms with Gasteiger partial charge in [0, 0.05) is 20.3 Å².